The summed E-state index contributed by atoms with van der Waals surface area (Å²) in [6.07, 6.45) is 7.48. The average molecular weight is 224 g/mol. The van der Waals surface area contributed by atoms with Crippen LogP contribution in [0.2, 0.25) is 0 Å². The highest BCUT2D eigenvalue weighted by atomic mass is 19.1. The van der Waals surface area contributed by atoms with E-state index in [4.69, 9.17) is 0 Å². The van der Waals surface area contributed by atoms with Crippen LogP contribution in [0.1, 0.15) is 46.0 Å². The predicted molar refractivity (Wildman–Crippen MR) is 66.0 cm³/mol. The summed E-state index contributed by atoms with van der Waals surface area (Å²) >= 11 is 0. The molecule has 1 aromatic rings. The molecule has 0 bridgehead atoms. The summed E-state index contributed by atoms with van der Waals surface area (Å²) in [5.41, 5.74) is 0. The smallest absolute Gasteiger partial charge is 0.141 e. The number of hydrogen-bond donors (Lipinski definition) is 1. The Labute approximate surface area is 97.3 Å². The quantitative estimate of drug-likeness (QED) is 0.708. The molecule has 0 amide bonds. The number of unbranched alkanes of at least 4 members (excludes halogenated alkanes) is 3. The minimum atomic E-state index is -0.291. The minimum absolute atomic E-state index is 0.291. The molecule has 0 aromatic carbocycles. The summed E-state index contributed by atoms with van der Waals surface area (Å²) in [5, 5.41) is 3.27. The number of halogens is 1. The molecule has 1 N–H and O–H groups in total. The molecular weight excluding hydrogens is 203 g/mol. The van der Waals surface area contributed by atoms with Gasteiger partial charge in [0, 0.05) is 6.04 Å². The van der Waals surface area contributed by atoms with Gasteiger partial charge in [0.05, 0.1) is 6.20 Å². The van der Waals surface area contributed by atoms with Gasteiger partial charge in [-0.05, 0) is 25.5 Å². The Morgan fingerprint density at radius 3 is 2.75 bits per heavy atom. The van der Waals surface area contributed by atoms with Gasteiger partial charge in [0.1, 0.15) is 11.6 Å². The molecule has 16 heavy (non-hydrogen) atoms. The first-order valence-electron chi connectivity index (χ1n) is 6.10. The van der Waals surface area contributed by atoms with E-state index in [2.05, 4.69) is 24.1 Å². The van der Waals surface area contributed by atoms with Gasteiger partial charge in [-0.25, -0.2) is 9.37 Å². The molecule has 0 saturated heterocycles. The Hall–Kier alpha value is -1.12. The van der Waals surface area contributed by atoms with E-state index >= 15 is 0 Å². The zero-order valence-electron chi connectivity index (χ0n) is 10.2. The maximum absolute atomic E-state index is 12.6. The van der Waals surface area contributed by atoms with Crippen molar-refractivity contribution in [1.82, 2.24) is 4.98 Å². The van der Waals surface area contributed by atoms with Gasteiger partial charge < -0.3 is 5.32 Å². The van der Waals surface area contributed by atoms with Crippen molar-refractivity contribution >= 4 is 5.82 Å². The largest absolute Gasteiger partial charge is 0.368 e. The molecule has 0 fully saturated rings. The summed E-state index contributed by atoms with van der Waals surface area (Å²) in [5.74, 6) is 0.463. The Morgan fingerprint density at radius 1 is 1.31 bits per heavy atom. The van der Waals surface area contributed by atoms with Crippen LogP contribution < -0.4 is 5.32 Å². The molecule has 0 spiro atoms. The lowest BCUT2D eigenvalue weighted by atomic mass is 10.1. The molecule has 2 nitrogen and oxygen atoms in total. The summed E-state index contributed by atoms with van der Waals surface area (Å²) < 4.78 is 12.6. The van der Waals surface area contributed by atoms with Crippen molar-refractivity contribution in [3.8, 4) is 0 Å². The maximum atomic E-state index is 12.6. The first kappa shape index (κ1) is 12.9. The number of hydrogen-bond acceptors (Lipinski definition) is 2. The second-order valence-corrected chi connectivity index (χ2v) is 4.26. The van der Waals surface area contributed by atoms with E-state index in [0.29, 0.717) is 6.04 Å². The van der Waals surface area contributed by atoms with Gasteiger partial charge in [0.2, 0.25) is 0 Å². The van der Waals surface area contributed by atoms with Crippen molar-refractivity contribution in [2.75, 3.05) is 5.32 Å². The van der Waals surface area contributed by atoms with E-state index < -0.39 is 0 Å². The van der Waals surface area contributed by atoms with Crippen LogP contribution in [0.15, 0.2) is 18.3 Å². The van der Waals surface area contributed by atoms with Crippen LogP contribution in [0.25, 0.3) is 0 Å². The lowest BCUT2D eigenvalue weighted by Crippen LogP contribution is -2.15. The van der Waals surface area contributed by atoms with Crippen LogP contribution in [0.4, 0.5) is 10.2 Å². The molecule has 1 rings (SSSR count). The van der Waals surface area contributed by atoms with E-state index in [1.54, 1.807) is 6.07 Å². The minimum Gasteiger partial charge on any atom is -0.368 e. The normalized spacial score (nSPS) is 12.4. The molecule has 3 heteroatoms. The van der Waals surface area contributed by atoms with E-state index in [1.807, 2.05) is 0 Å². The Bertz CT molecular complexity index is 284. The number of aromatic nitrogens is 1. The fourth-order valence-electron chi connectivity index (χ4n) is 1.66. The summed E-state index contributed by atoms with van der Waals surface area (Å²) in [7, 11) is 0. The zero-order valence-corrected chi connectivity index (χ0v) is 10.2. The molecular formula is C13H21FN2. The zero-order chi connectivity index (χ0) is 11.8. The second-order valence-electron chi connectivity index (χ2n) is 4.26. The third kappa shape index (κ3) is 5.10. The molecule has 0 radical (unpaired) electrons. The van der Waals surface area contributed by atoms with Crippen LogP contribution in [-0.4, -0.2) is 11.0 Å². The first-order valence-corrected chi connectivity index (χ1v) is 6.10. The van der Waals surface area contributed by atoms with Gasteiger partial charge in [0.15, 0.2) is 0 Å². The van der Waals surface area contributed by atoms with Crippen LogP contribution in [0.3, 0.4) is 0 Å². The number of pyridine rings is 1. The van der Waals surface area contributed by atoms with Crippen molar-refractivity contribution in [2.24, 2.45) is 0 Å². The summed E-state index contributed by atoms with van der Waals surface area (Å²) in [6, 6.07) is 3.51. The van der Waals surface area contributed by atoms with Gasteiger partial charge in [-0.2, -0.15) is 0 Å². The van der Waals surface area contributed by atoms with Gasteiger partial charge in [-0.1, -0.05) is 32.6 Å². The van der Waals surface area contributed by atoms with Crippen LogP contribution in [-0.2, 0) is 0 Å². The summed E-state index contributed by atoms with van der Waals surface area (Å²) in [6.45, 7) is 4.35. The Morgan fingerprint density at radius 2 is 2.12 bits per heavy atom. The maximum Gasteiger partial charge on any atom is 0.141 e. The second kappa shape index (κ2) is 7.20. The molecule has 1 unspecified atom stereocenters. The fourth-order valence-corrected chi connectivity index (χ4v) is 1.66. The Balaban J connectivity index is 2.23. The van der Waals surface area contributed by atoms with Gasteiger partial charge in [-0.15, -0.1) is 0 Å². The standard InChI is InChI=1S/C13H21FN2/c1-3-4-5-6-7-11(2)16-13-9-8-12(14)10-15-13/h8-11H,3-7H2,1-2H3,(H,15,16). The third-order valence-electron chi connectivity index (χ3n) is 2.61. The van der Waals surface area contributed by atoms with E-state index in [-0.39, 0.29) is 5.82 Å². The number of anilines is 1. The van der Waals surface area contributed by atoms with Gasteiger partial charge in [-0.3, -0.25) is 0 Å². The SMILES string of the molecule is CCCCCCC(C)Nc1ccc(F)cn1. The van der Waals surface area contributed by atoms with Crippen molar-refractivity contribution < 1.29 is 4.39 Å². The number of nitrogens with zero attached hydrogens (tertiary/aromatic N) is 1. The molecule has 0 aliphatic heterocycles. The van der Waals surface area contributed by atoms with E-state index in [9.17, 15) is 4.39 Å². The highest BCUT2D eigenvalue weighted by Gasteiger charge is 2.02. The molecule has 90 valence electrons. The number of rotatable bonds is 7. The van der Waals surface area contributed by atoms with Crippen LogP contribution in [0, 0.1) is 5.82 Å². The van der Waals surface area contributed by atoms with Crippen LogP contribution in [0.5, 0.6) is 0 Å². The monoisotopic (exact) mass is 224 g/mol. The van der Waals surface area contributed by atoms with E-state index in [0.717, 1.165) is 12.2 Å². The average Bonchev–Trinajstić information content (AvgIpc) is 2.28. The van der Waals surface area contributed by atoms with Crippen LogP contribution >= 0.6 is 0 Å². The molecule has 0 aliphatic rings. The van der Waals surface area contributed by atoms with Gasteiger partial charge >= 0.3 is 0 Å². The lowest BCUT2D eigenvalue weighted by molar-refractivity contribution is 0.591. The predicted octanol–water partition coefficient (Wildman–Crippen LogP) is 3.99. The van der Waals surface area contributed by atoms with Gasteiger partial charge in [0.25, 0.3) is 0 Å². The van der Waals surface area contributed by atoms with Crippen molar-refractivity contribution in [3.63, 3.8) is 0 Å². The Kier molecular flexibility index (Phi) is 5.83. The topological polar surface area (TPSA) is 24.9 Å². The molecule has 1 aromatic heterocycles. The van der Waals surface area contributed by atoms with E-state index in [1.165, 1.54) is 37.9 Å². The van der Waals surface area contributed by atoms with Crippen molar-refractivity contribution in [2.45, 2.75) is 52.0 Å². The molecule has 1 atom stereocenters. The van der Waals surface area contributed by atoms with Crippen molar-refractivity contribution in [1.29, 1.82) is 0 Å². The molecule has 0 aliphatic carbocycles. The lowest BCUT2D eigenvalue weighted by Gasteiger charge is -2.13. The highest BCUT2D eigenvalue weighted by molar-refractivity contribution is 5.34. The first-order chi connectivity index (χ1) is 7.72. The fraction of sp³-hybridized carbons (Fsp3) is 0.615. The highest BCUT2D eigenvalue weighted by Crippen LogP contribution is 2.10. The molecule has 1 heterocycles. The van der Waals surface area contributed by atoms with Crippen molar-refractivity contribution in [3.05, 3.63) is 24.1 Å². The molecule has 0 saturated carbocycles. The summed E-state index contributed by atoms with van der Waals surface area (Å²) in [4.78, 5) is 3.98. The number of nitrogens with one attached hydrogen (secondary N) is 1. The third-order valence-corrected chi connectivity index (χ3v) is 2.61.